The van der Waals surface area contributed by atoms with Gasteiger partial charge < -0.3 is 15.0 Å². The largest absolute Gasteiger partial charge is 0.484 e. The molecule has 0 aromatic heterocycles. The van der Waals surface area contributed by atoms with Gasteiger partial charge in [0.15, 0.2) is 5.75 Å². The summed E-state index contributed by atoms with van der Waals surface area (Å²) in [4.78, 5) is 13.2. The van der Waals surface area contributed by atoms with Crippen LogP contribution in [-0.4, -0.2) is 42.1 Å². The molecule has 0 spiro atoms. The molecule has 118 valence electrons. The first kappa shape index (κ1) is 17.2. The highest BCUT2D eigenvalue weighted by atomic mass is 16.6. The van der Waals surface area contributed by atoms with Gasteiger partial charge in [-0.1, -0.05) is 19.9 Å². The van der Waals surface area contributed by atoms with Gasteiger partial charge in [-0.3, -0.25) is 10.1 Å². The van der Waals surface area contributed by atoms with E-state index in [4.69, 9.17) is 4.74 Å². The maximum Gasteiger partial charge on any atom is 0.333 e. The van der Waals surface area contributed by atoms with Gasteiger partial charge in [-0.05, 0) is 39.1 Å². The van der Waals surface area contributed by atoms with E-state index < -0.39 is 4.92 Å². The van der Waals surface area contributed by atoms with Crippen LogP contribution in [0.25, 0.3) is 0 Å². The lowest BCUT2D eigenvalue weighted by Gasteiger charge is -2.19. The fraction of sp³-hybridized carbons (Fsp3) is 0.600. The molecule has 0 atom stereocenters. The summed E-state index contributed by atoms with van der Waals surface area (Å²) in [5.74, 6) is 0.308. The Morgan fingerprint density at radius 3 is 2.52 bits per heavy atom. The van der Waals surface area contributed by atoms with Gasteiger partial charge in [-0.2, -0.15) is 0 Å². The summed E-state index contributed by atoms with van der Waals surface area (Å²) in [6, 6.07) is 5.12. The molecule has 6 heteroatoms. The van der Waals surface area contributed by atoms with E-state index in [2.05, 4.69) is 24.1 Å². The Balaban J connectivity index is 2.83. The van der Waals surface area contributed by atoms with Gasteiger partial charge in [0, 0.05) is 13.1 Å². The molecule has 0 bridgehead atoms. The monoisotopic (exact) mass is 295 g/mol. The van der Waals surface area contributed by atoms with Gasteiger partial charge in [-0.15, -0.1) is 0 Å². The lowest BCUT2D eigenvalue weighted by Crippen LogP contribution is -2.28. The summed E-state index contributed by atoms with van der Waals surface area (Å²) >= 11 is 0. The van der Waals surface area contributed by atoms with Crippen molar-refractivity contribution in [2.24, 2.45) is 0 Å². The average molecular weight is 295 g/mol. The van der Waals surface area contributed by atoms with Gasteiger partial charge in [0.25, 0.3) is 0 Å². The molecule has 0 fully saturated rings. The van der Waals surface area contributed by atoms with Crippen molar-refractivity contribution in [2.75, 3.05) is 31.5 Å². The van der Waals surface area contributed by atoms with Crippen molar-refractivity contribution in [1.82, 2.24) is 4.90 Å². The second-order valence-electron chi connectivity index (χ2n) is 5.03. The lowest BCUT2D eigenvalue weighted by atomic mass is 10.2. The van der Waals surface area contributed by atoms with E-state index in [0.29, 0.717) is 18.0 Å². The van der Waals surface area contributed by atoms with Crippen LogP contribution in [-0.2, 0) is 0 Å². The third-order valence-electron chi connectivity index (χ3n) is 3.18. The molecule has 0 aliphatic rings. The van der Waals surface area contributed by atoms with E-state index in [1.807, 2.05) is 13.8 Å². The van der Waals surface area contributed by atoms with Gasteiger partial charge in [0.2, 0.25) is 0 Å². The number of para-hydroxylation sites is 1. The SMILES string of the molecule is CCN(CC)CCNc1cccc(OC(C)C)c1[N+](=O)[O-]. The molecule has 0 radical (unpaired) electrons. The van der Waals surface area contributed by atoms with Crippen molar-refractivity contribution in [3.8, 4) is 5.75 Å². The van der Waals surface area contributed by atoms with Crippen LogP contribution in [0.2, 0.25) is 0 Å². The molecule has 1 aromatic rings. The minimum absolute atomic E-state index is 0.00532. The Labute approximate surface area is 126 Å². The van der Waals surface area contributed by atoms with E-state index in [9.17, 15) is 10.1 Å². The molecule has 6 nitrogen and oxygen atoms in total. The summed E-state index contributed by atoms with van der Waals surface area (Å²) < 4.78 is 5.52. The number of likely N-dealkylation sites (N-methyl/N-ethyl adjacent to an activating group) is 1. The minimum Gasteiger partial charge on any atom is -0.484 e. The molecule has 0 aliphatic heterocycles. The highest BCUT2D eigenvalue weighted by Crippen LogP contribution is 2.35. The Kier molecular flexibility index (Phi) is 6.94. The van der Waals surface area contributed by atoms with Gasteiger partial charge >= 0.3 is 5.69 Å². The number of nitro groups is 1. The topological polar surface area (TPSA) is 67.6 Å². The van der Waals surface area contributed by atoms with Gasteiger partial charge in [0.05, 0.1) is 11.0 Å². The maximum absolute atomic E-state index is 11.3. The number of benzene rings is 1. The molecule has 1 N–H and O–H groups in total. The first-order chi connectivity index (χ1) is 9.99. The molecule has 0 saturated heterocycles. The Bertz CT molecular complexity index is 459. The highest BCUT2D eigenvalue weighted by Gasteiger charge is 2.21. The zero-order chi connectivity index (χ0) is 15.8. The number of rotatable bonds is 9. The van der Waals surface area contributed by atoms with E-state index >= 15 is 0 Å². The Morgan fingerprint density at radius 1 is 1.33 bits per heavy atom. The Morgan fingerprint density at radius 2 is 2.00 bits per heavy atom. The maximum atomic E-state index is 11.3. The first-order valence-corrected chi connectivity index (χ1v) is 7.39. The standard InChI is InChI=1S/C15H25N3O3/c1-5-17(6-2)11-10-16-13-8-7-9-14(21-12(3)4)15(13)18(19)20/h7-9,12,16H,5-6,10-11H2,1-4H3. The number of hydrogen-bond donors (Lipinski definition) is 1. The van der Waals surface area contributed by atoms with Crippen LogP contribution < -0.4 is 10.1 Å². The molecule has 0 unspecified atom stereocenters. The zero-order valence-electron chi connectivity index (χ0n) is 13.3. The quantitative estimate of drug-likeness (QED) is 0.560. The third-order valence-corrected chi connectivity index (χ3v) is 3.18. The van der Waals surface area contributed by atoms with E-state index in [-0.39, 0.29) is 11.8 Å². The Hall–Kier alpha value is -1.82. The molecule has 1 aromatic carbocycles. The summed E-state index contributed by atoms with van der Waals surface area (Å²) in [6.45, 7) is 11.3. The fourth-order valence-electron chi connectivity index (χ4n) is 2.09. The van der Waals surface area contributed by atoms with Crippen LogP contribution >= 0.6 is 0 Å². The smallest absolute Gasteiger partial charge is 0.333 e. The van der Waals surface area contributed by atoms with Gasteiger partial charge in [-0.25, -0.2) is 0 Å². The molecule has 0 heterocycles. The summed E-state index contributed by atoms with van der Waals surface area (Å²) in [5, 5.41) is 14.5. The number of hydrogen-bond acceptors (Lipinski definition) is 5. The van der Waals surface area contributed by atoms with Crippen LogP contribution in [0.15, 0.2) is 18.2 Å². The predicted octanol–water partition coefficient (Wildman–Crippen LogP) is 3.14. The minimum atomic E-state index is -0.391. The number of anilines is 1. The fourth-order valence-corrected chi connectivity index (χ4v) is 2.09. The van der Waals surface area contributed by atoms with Crippen molar-refractivity contribution in [3.05, 3.63) is 28.3 Å². The predicted molar refractivity (Wildman–Crippen MR) is 85.1 cm³/mol. The van der Waals surface area contributed by atoms with Crippen LogP contribution in [0, 0.1) is 10.1 Å². The molecule has 0 saturated carbocycles. The zero-order valence-corrected chi connectivity index (χ0v) is 13.3. The number of nitro benzene ring substituents is 1. The van der Waals surface area contributed by atoms with Crippen molar-refractivity contribution < 1.29 is 9.66 Å². The lowest BCUT2D eigenvalue weighted by molar-refractivity contribution is -0.385. The van der Waals surface area contributed by atoms with Crippen molar-refractivity contribution in [1.29, 1.82) is 0 Å². The van der Waals surface area contributed by atoms with E-state index in [1.165, 1.54) is 0 Å². The number of ether oxygens (including phenoxy) is 1. The third kappa shape index (κ3) is 5.23. The second-order valence-corrected chi connectivity index (χ2v) is 5.03. The molecule has 21 heavy (non-hydrogen) atoms. The summed E-state index contributed by atoms with van der Waals surface area (Å²) in [5.41, 5.74) is 0.510. The van der Waals surface area contributed by atoms with Crippen LogP contribution in [0.4, 0.5) is 11.4 Å². The summed E-state index contributed by atoms with van der Waals surface area (Å²) in [7, 11) is 0. The summed E-state index contributed by atoms with van der Waals surface area (Å²) in [6.07, 6.45) is -0.102. The molecular formula is C15H25N3O3. The molecular weight excluding hydrogens is 270 g/mol. The van der Waals surface area contributed by atoms with Crippen molar-refractivity contribution in [3.63, 3.8) is 0 Å². The van der Waals surface area contributed by atoms with Crippen molar-refractivity contribution in [2.45, 2.75) is 33.8 Å². The highest BCUT2D eigenvalue weighted by molar-refractivity contribution is 5.68. The molecule has 0 amide bonds. The average Bonchev–Trinajstić information content (AvgIpc) is 2.42. The van der Waals surface area contributed by atoms with Gasteiger partial charge in [0.1, 0.15) is 5.69 Å². The van der Waals surface area contributed by atoms with Crippen LogP contribution in [0.3, 0.4) is 0 Å². The van der Waals surface area contributed by atoms with E-state index in [1.54, 1.807) is 18.2 Å². The van der Waals surface area contributed by atoms with Crippen LogP contribution in [0.5, 0.6) is 5.75 Å². The van der Waals surface area contributed by atoms with E-state index in [0.717, 1.165) is 19.6 Å². The first-order valence-electron chi connectivity index (χ1n) is 7.39. The second kappa shape index (κ2) is 8.46. The normalized spacial score (nSPS) is 11.0. The number of nitrogens with one attached hydrogen (secondary N) is 1. The molecule has 0 aliphatic carbocycles. The van der Waals surface area contributed by atoms with Crippen LogP contribution in [0.1, 0.15) is 27.7 Å². The molecule has 1 rings (SSSR count). The number of nitrogens with zero attached hydrogens (tertiary/aromatic N) is 2. The van der Waals surface area contributed by atoms with Crippen molar-refractivity contribution >= 4 is 11.4 Å².